The molecule has 0 amide bonds. The van der Waals surface area contributed by atoms with E-state index in [4.69, 9.17) is 9.47 Å². The van der Waals surface area contributed by atoms with E-state index in [1.54, 1.807) is 0 Å². The van der Waals surface area contributed by atoms with Crippen molar-refractivity contribution in [1.29, 1.82) is 0 Å². The molecule has 128 valence electrons. The van der Waals surface area contributed by atoms with Gasteiger partial charge in [-0.3, -0.25) is 4.79 Å². The third kappa shape index (κ3) is 7.07. The standard InChI is InChI=1S/C17H30O5/c1-11(2)14(19)21-9-12(18)10-22-15(20)13(16(3,4)5)17(6,7)8/h12-13,18H,1,9-10H2,2-8H3. The van der Waals surface area contributed by atoms with Crippen LogP contribution in [0.1, 0.15) is 48.5 Å². The van der Waals surface area contributed by atoms with Crippen molar-refractivity contribution in [2.75, 3.05) is 13.2 Å². The SMILES string of the molecule is C=C(C)C(=O)OCC(O)COC(=O)C(C(C)(C)C)C(C)(C)C. The molecule has 1 atom stereocenters. The average molecular weight is 314 g/mol. The molecule has 0 spiro atoms. The van der Waals surface area contributed by atoms with Crippen LogP contribution in [0.4, 0.5) is 0 Å². The van der Waals surface area contributed by atoms with E-state index >= 15 is 0 Å². The van der Waals surface area contributed by atoms with Gasteiger partial charge in [0.25, 0.3) is 0 Å². The smallest absolute Gasteiger partial charge is 0.333 e. The number of esters is 2. The molecule has 0 aliphatic rings. The summed E-state index contributed by atoms with van der Waals surface area (Å²) in [6, 6.07) is 0. The zero-order chi connectivity index (χ0) is 17.7. The predicted octanol–water partition coefficient (Wildman–Crippen LogP) is 2.72. The Morgan fingerprint density at radius 3 is 1.77 bits per heavy atom. The van der Waals surface area contributed by atoms with Gasteiger partial charge in [0, 0.05) is 5.57 Å². The van der Waals surface area contributed by atoms with E-state index in [2.05, 4.69) is 6.58 Å². The quantitative estimate of drug-likeness (QED) is 0.603. The molecule has 0 heterocycles. The van der Waals surface area contributed by atoms with Crippen LogP contribution < -0.4 is 0 Å². The van der Waals surface area contributed by atoms with Crippen molar-refractivity contribution in [3.8, 4) is 0 Å². The maximum absolute atomic E-state index is 12.3. The number of aliphatic hydroxyl groups excluding tert-OH is 1. The van der Waals surface area contributed by atoms with E-state index in [1.807, 2.05) is 41.5 Å². The minimum absolute atomic E-state index is 0.203. The van der Waals surface area contributed by atoms with Crippen molar-refractivity contribution in [3.05, 3.63) is 12.2 Å². The first kappa shape index (κ1) is 20.6. The van der Waals surface area contributed by atoms with Gasteiger partial charge in [0.1, 0.15) is 19.3 Å². The van der Waals surface area contributed by atoms with Crippen LogP contribution in [0.25, 0.3) is 0 Å². The second-order valence-corrected chi connectivity index (χ2v) is 7.83. The second kappa shape index (κ2) is 7.77. The van der Waals surface area contributed by atoms with Gasteiger partial charge in [-0.15, -0.1) is 0 Å². The van der Waals surface area contributed by atoms with Gasteiger partial charge in [-0.1, -0.05) is 48.1 Å². The number of carbonyl (C=O) groups is 2. The molecule has 0 aromatic carbocycles. The van der Waals surface area contributed by atoms with E-state index in [9.17, 15) is 14.7 Å². The topological polar surface area (TPSA) is 72.8 Å². The molecule has 0 saturated carbocycles. The summed E-state index contributed by atoms with van der Waals surface area (Å²) >= 11 is 0. The van der Waals surface area contributed by atoms with Crippen molar-refractivity contribution in [3.63, 3.8) is 0 Å². The van der Waals surface area contributed by atoms with E-state index in [0.29, 0.717) is 0 Å². The maximum Gasteiger partial charge on any atom is 0.333 e. The molecule has 0 aromatic heterocycles. The van der Waals surface area contributed by atoms with Crippen molar-refractivity contribution in [2.45, 2.75) is 54.6 Å². The lowest BCUT2D eigenvalue weighted by Gasteiger charge is -2.38. The molecule has 0 fully saturated rings. The zero-order valence-electron chi connectivity index (χ0n) is 14.9. The fraction of sp³-hybridized carbons (Fsp3) is 0.765. The van der Waals surface area contributed by atoms with Crippen molar-refractivity contribution >= 4 is 11.9 Å². The van der Waals surface area contributed by atoms with Crippen LogP contribution in [0.3, 0.4) is 0 Å². The largest absolute Gasteiger partial charge is 0.463 e. The van der Waals surface area contributed by atoms with E-state index in [1.165, 1.54) is 6.92 Å². The van der Waals surface area contributed by atoms with Crippen LogP contribution in [0.5, 0.6) is 0 Å². The fourth-order valence-electron chi connectivity index (χ4n) is 2.61. The Hall–Kier alpha value is -1.36. The molecule has 1 N–H and O–H groups in total. The summed E-state index contributed by atoms with van der Waals surface area (Å²) in [5, 5.41) is 9.73. The Morgan fingerprint density at radius 2 is 1.41 bits per heavy atom. The zero-order valence-corrected chi connectivity index (χ0v) is 14.9. The first-order valence-corrected chi connectivity index (χ1v) is 7.44. The Bertz CT molecular complexity index is 398. The molecule has 5 heteroatoms. The molecule has 0 aromatic rings. The van der Waals surface area contributed by atoms with Crippen LogP contribution in [-0.4, -0.2) is 36.4 Å². The highest BCUT2D eigenvalue weighted by Gasteiger charge is 2.41. The molecule has 0 bridgehead atoms. The lowest BCUT2D eigenvalue weighted by Crippen LogP contribution is -2.41. The van der Waals surface area contributed by atoms with Crippen LogP contribution in [-0.2, 0) is 19.1 Å². The monoisotopic (exact) mass is 314 g/mol. The average Bonchev–Trinajstić information content (AvgIpc) is 2.29. The summed E-state index contributed by atoms with van der Waals surface area (Å²) < 4.78 is 10.0. The van der Waals surface area contributed by atoms with Gasteiger partial charge in [-0.25, -0.2) is 4.79 Å². The summed E-state index contributed by atoms with van der Waals surface area (Å²) in [5.74, 6) is -1.25. The minimum Gasteiger partial charge on any atom is -0.463 e. The Labute approximate surface area is 133 Å². The third-order valence-electron chi connectivity index (χ3n) is 3.14. The van der Waals surface area contributed by atoms with Crippen LogP contribution in [0, 0.1) is 16.7 Å². The van der Waals surface area contributed by atoms with Gasteiger partial charge in [-0.2, -0.15) is 0 Å². The van der Waals surface area contributed by atoms with Crippen molar-refractivity contribution in [1.82, 2.24) is 0 Å². The fourth-order valence-corrected chi connectivity index (χ4v) is 2.61. The van der Waals surface area contributed by atoms with Crippen LogP contribution in [0.15, 0.2) is 12.2 Å². The summed E-state index contributed by atoms with van der Waals surface area (Å²) in [6.07, 6.45) is -1.05. The minimum atomic E-state index is -1.05. The highest BCUT2D eigenvalue weighted by Crippen LogP contribution is 2.40. The van der Waals surface area contributed by atoms with E-state index in [0.717, 1.165) is 0 Å². The molecule has 0 aliphatic heterocycles. The highest BCUT2D eigenvalue weighted by molar-refractivity contribution is 5.86. The summed E-state index contributed by atoms with van der Waals surface area (Å²) in [4.78, 5) is 23.5. The van der Waals surface area contributed by atoms with Gasteiger partial charge >= 0.3 is 11.9 Å². The number of hydrogen-bond acceptors (Lipinski definition) is 5. The summed E-state index contributed by atoms with van der Waals surface area (Å²) in [6.45, 7) is 16.4. The first-order chi connectivity index (χ1) is 9.76. The normalized spacial score (nSPS) is 13.7. The Balaban J connectivity index is 4.53. The molecule has 22 heavy (non-hydrogen) atoms. The van der Waals surface area contributed by atoms with Crippen molar-refractivity contribution < 1.29 is 24.2 Å². The molecule has 0 rings (SSSR count). The van der Waals surface area contributed by atoms with Gasteiger partial charge in [0.05, 0.1) is 5.92 Å². The molecule has 0 aliphatic carbocycles. The maximum atomic E-state index is 12.3. The van der Waals surface area contributed by atoms with E-state index < -0.39 is 12.1 Å². The molecule has 0 radical (unpaired) electrons. The first-order valence-electron chi connectivity index (χ1n) is 7.44. The summed E-state index contributed by atoms with van der Waals surface area (Å²) in [5.41, 5.74) is -0.260. The van der Waals surface area contributed by atoms with E-state index in [-0.39, 0.29) is 41.5 Å². The second-order valence-electron chi connectivity index (χ2n) is 7.83. The van der Waals surface area contributed by atoms with Gasteiger partial charge in [0.2, 0.25) is 0 Å². The Kier molecular flexibility index (Phi) is 7.29. The Morgan fingerprint density at radius 1 is 1.00 bits per heavy atom. The lowest BCUT2D eigenvalue weighted by atomic mass is 9.67. The number of aliphatic hydroxyl groups is 1. The summed E-state index contributed by atoms with van der Waals surface area (Å²) in [7, 11) is 0. The molecule has 0 saturated heterocycles. The molecule has 1 unspecified atom stereocenters. The molecular formula is C17H30O5. The van der Waals surface area contributed by atoms with Crippen LogP contribution >= 0.6 is 0 Å². The van der Waals surface area contributed by atoms with Gasteiger partial charge in [-0.05, 0) is 17.8 Å². The van der Waals surface area contributed by atoms with Crippen molar-refractivity contribution in [2.24, 2.45) is 16.7 Å². The molecule has 5 nitrogen and oxygen atoms in total. The number of carbonyl (C=O) groups excluding carboxylic acids is 2. The third-order valence-corrected chi connectivity index (χ3v) is 3.14. The van der Waals surface area contributed by atoms with Gasteiger partial charge in [0.15, 0.2) is 0 Å². The van der Waals surface area contributed by atoms with Crippen LogP contribution in [0.2, 0.25) is 0 Å². The van der Waals surface area contributed by atoms with Gasteiger partial charge < -0.3 is 14.6 Å². The number of ether oxygens (including phenoxy) is 2. The molecular weight excluding hydrogens is 284 g/mol. The lowest BCUT2D eigenvalue weighted by molar-refractivity contribution is -0.162. The number of rotatable bonds is 6. The predicted molar refractivity (Wildman–Crippen MR) is 85.1 cm³/mol. The highest BCUT2D eigenvalue weighted by atomic mass is 16.6. The number of hydrogen-bond donors (Lipinski definition) is 1.